The number of aromatic nitrogens is 2. The number of carbonyl (C=O) groups is 2. The summed E-state index contributed by atoms with van der Waals surface area (Å²) in [5, 5.41) is 15.5. The maximum absolute atomic E-state index is 11.8. The molecule has 4 rings (SSSR count). The first-order valence-corrected chi connectivity index (χ1v) is 12.1. The second-order valence-corrected chi connectivity index (χ2v) is 9.08. The standard InChI is InChI=1S/C25H27N5O4S/c1-17-16-26-25(28-19-2-6-20(7-3-19)30-12-14-34-15-13-30)29-24(17)35-21-8-4-18(5-9-21)27-22(31)10-11-23(32)33/h2-9,16H,10-15H2,1H3,(H,27,31)(H,32,33)(H,26,28,29). The van der Waals surface area contributed by atoms with E-state index in [1.807, 2.05) is 31.2 Å². The molecular formula is C25H27N5O4S. The number of carbonyl (C=O) groups excluding carboxylic acids is 1. The molecule has 2 aromatic carbocycles. The average molecular weight is 494 g/mol. The molecule has 1 aromatic heterocycles. The molecule has 0 unspecified atom stereocenters. The first-order chi connectivity index (χ1) is 17.0. The largest absolute Gasteiger partial charge is 0.481 e. The van der Waals surface area contributed by atoms with Crippen molar-refractivity contribution in [2.75, 3.05) is 41.8 Å². The number of morpholine rings is 1. The fourth-order valence-corrected chi connectivity index (χ4v) is 4.30. The Morgan fingerprint density at radius 1 is 1.03 bits per heavy atom. The number of rotatable bonds is 9. The van der Waals surface area contributed by atoms with E-state index in [2.05, 4.69) is 37.6 Å². The number of carboxylic acid groups (broad SMARTS) is 1. The number of aliphatic carboxylic acids is 1. The van der Waals surface area contributed by atoms with Gasteiger partial charge in [-0.15, -0.1) is 0 Å². The summed E-state index contributed by atoms with van der Waals surface area (Å²) in [5.74, 6) is -0.807. The van der Waals surface area contributed by atoms with E-state index in [-0.39, 0.29) is 18.7 Å². The predicted molar refractivity (Wildman–Crippen MR) is 136 cm³/mol. The van der Waals surface area contributed by atoms with E-state index < -0.39 is 5.97 Å². The monoisotopic (exact) mass is 493 g/mol. The van der Waals surface area contributed by atoms with Crippen molar-refractivity contribution in [2.24, 2.45) is 0 Å². The number of ether oxygens (including phenoxy) is 1. The molecule has 3 aromatic rings. The molecule has 3 N–H and O–H groups in total. The van der Waals surface area contributed by atoms with Crippen molar-refractivity contribution in [2.45, 2.75) is 29.7 Å². The van der Waals surface area contributed by atoms with Crippen LogP contribution in [0, 0.1) is 6.92 Å². The minimum absolute atomic E-state index is 0.0579. The number of amides is 1. The van der Waals surface area contributed by atoms with Crippen molar-refractivity contribution in [3.63, 3.8) is 0 Å². The second-order valence-electron chi connectivity index (χ2n) is 8.02. The number of aryl methyl sites for hydroxylation is 1. The van der Waals surface area contributed by atoms with Crippen LogP contribution in [0.1, 0.15) is 18.4 Å². The van der Waals surface area contributed by atoms with Gasteiger partial charge >= 0.3 is 5.97 Å². The summed E-state index contributed by atoms with van der Waals surface area (Å²) >= 11 is 1.50. The van der Waals surface area contributed by atoms with Crippen molar-refractivity contribution in [1.29, 1.82) is 0 Å². The van der Waals surface area contributed by atoms with Gasteiger partial charge in [-0.05, 0) is 55.5 Å². The number of nitrogens with zero attached hydrogens (tertiary/aromatic N) is 3. The molecule has 0 atom stereocenters. The summed E-state index contributed by atoms with van der Waals surface area (Å²) in [5.41, 5.74) is 3.65. The van der Waals surface area contributed by atoms with E-state index in [4.69, 9.17) is 9.84 Å². The lowest BCUT2D eigenvalue weighted by atomic mass is 10.2. The van der Waals surface area contributed by atoms with Crippen LogP contribution < -0.4 is 15.5 Å². The molecule has 182 valence electrons. The minimum atomic E-state index is -0.994. The lowest BCUT2D eigenvalue weighted by Crippen LogP contribution is -2.36. The average Bonchev–Trinajstić information content (AvgIpc) is 2.87. The zero-order valence-electron chi connectivity index (χ0n) is 19.4. The first-order valence-electron chi connectivity index (χ1n) is 11.3. The fraction of sp³-hybridized carbons (Fsp3) is 0.280. The summed E-state index contributed by atoms with van der Waals surface area (Å²) in [6.07, 6.45) is 1.54. The van der Waals surface area contributed by atoms with Crippen LogP contribution in [-0.2, 0) is 14.3 Å². The lowest BCUT2D eigenvalue weighted by Gasteiger charge is -2.28. The molecule has 2 heterocycles. The highest BCUT2D eigenvalue weighted by Crippen LogP contribution is 2.30. The summed E-state index contributed by atoms with van der Waals surface area (Å²) in [6, 6.07) is 15.5. The molecule has 1 aliphatic rings. The number of anilines is 4. The first kappa shape index (κ1) is 24.5. The molecule has 0 radical (unpaired) electrons. The molecule has 1 aliphatic heterocycles. The Morgan fingerprint density at radius 2 is 1.71 bits per heavy atom. The molecule has 0 saturated carbocycles. The van der Waals surface area contributed by atoms with E-state index in [9.17, 15) is 9.59 Å². The van der Waals surface area contributed by atoms with Gasteiger partial charge in [0.1, 0.15) is 5.03 Å². The van der Waals surface area contributed by atoms with Crippen LogP contribution in [0.15, 0.2) is 64.6 Å². The van der Waals surface area contributed by atoms with Gasteiger partial charge in [-0.2, -0.15) is 0 Å². The van der Waals surface area contributed by atoms with Crippen LogP contribution in [0.2, 0.25) is 0 Å². The van der Waals surface area contributed by atoms with Crippen LogP contribution in [0.25, 0.3) is 0 Å². The van der Waals surface area contributed by atoms with Gasteiger partial charge in [0.05, 0.1) is 19.6 Å². The van der Waals surface area contributed by atoms with Gasteiger partial charge in [0.2, 0.25) is 11.9 Å². The van der Waals surface area contributed by atoms with Crippen LogP contribution in [-0.4, -0.2) is 53.3 Å². The van der Waals surface area contributed by atoms with Crippen molar-refractivity contribution >= 4 is 46.6 Å². The zero-order valence-corrected chi connectivity index (χ0v) is 20.2. The maximum Gasteiger partial charge on any atom is 0.303 e. The van der Waals surface area contributed by atoms with E-state index in [0.29, 0.717) is 11.6 Å². The molecule has 10 heteroatoms. The normalized spacial score (nSPS) is 13.3. The molecule has 1 amide bonds. The van der Waals surface area contributed by atoms with E-state index in [0.717, 1.165) is 47.5 Å². The summed E-state index contributed by atoms with van der Waals surface area (Å²) in [7, 11) is 0. The van der Waals surface area contributed by atoms with E-state index in [1.165, 1.54) is 17.4 Å². The molecule has 1 saturated heterocycles. The van der Waals surface area contributed by atoms with Gasteiger partial charge in [0.25, 0.3) is 0 Å². The Hall–Kier alpha value is -3.63. The second kappa shape index (κ2) is 11.7. The lowest BCUT2D eigenvalue weighted by molar-refractivity contribution is -0.138. The Labute approximate surface area is 207 Å². The highest BCUT2D eigenvalue weighted by Gasteiger charge is 2.12. The van der Waals surface area contributed by atoms with Crippen molar-refractivity contribution in [3.05, 3.63) is 60.3 Å². The highest BCUT2D eigenvalue weighted by molar-refractivity contribution is 7.99. The van der Waals surface area contributed by atoms with Crippen LogP contribution in [0.3, 0.4) is 0 Å². The van der Waals surface area contributed by atoms with Gasteiger partial charge in [-0.25, -0.2) is 9.97 Å². The Bertz CT molecular complexity index is 1170. The van der Waals surface area contributed by atoms with Crippen molar-refractivity contribution in [3.8, 4) is 0 Å². The summed E-state index contributed by atoms with van der Waals surface area (Å²) in [4.78, 5) is 34.8. The number of hydrogen-bond acceptors (Lipinski definition) is 8. The quantitative estimate of drug-likeness (QED) is 0.375. The SMILES string of the molecule is Cc1cnc(Nc2ccc(N3CCOCC3)cc2)nc1Sc1ccc(NC(=O)CCC(=O)O)cc1. The van der Waals surface area contributed by atoms with Gasteiger partial charge < -0.3 is 25.4 Å². The van der Waals surface area contributed by atoms with Gasteiger partial charge in [0.15, 0.2) is 0 Å². The number of nitrogens with one attached hydrogen (secondary N) is 2. The Balaban J connectivity index is 1.36. The van der Waals surface area contributed by atoms with Gasteiger partial charge in [-0.3, -0.25) is 9.59 Å². The van der Waals surface area contributed by atoms with Crippen molar-refractivity contribution in [1.82, 2.24) is 9.97 Å². The maximum atomic E-state index is 11.8. The smallest absolute Gasteiger partial charge is 0.303 e. The van der Waals surface area contributed by atoms with E-state index in [1.54, 1.807) is 18.3 Å². The minimum Gasteiger partial charge on any atom is -0.481 e. The number of carboxylic acids is 1. The van der Waals surface area contributed by atoms with E-state index >= 15 is 0 Å². The third-order valence-corrected chi connectivity index (χ3v) is 6.46. The summed E-state index contributed by atoms with van der Waals surface area (Å²) in [6.45, 7) is 5.25. The van der Waals surface area contributed by atoms with Crippen molar-refractivity contribution < 1.29 is 19.4 Å². The Morgan fingerprint density at radius 3 is 2.40 bits per heavy atom. The topological polar surface area (TPSA) is 117 Å². The van der Waals surface area contributed by atoms with Gasteiger partial charge in [0, 0.05) is 53.2 Å². The molecule has 1 fully saturated rings. The third kappa shape index (κ3) is 7.17. The fourth-order valence-electron chi connectivity index (χ4n) is 3.46. The molecule has 0 bridgehead atoms. The number of benzene rings is 2. The predicted octanol–water partition coefficient (Wildman–Crippen LogP) is 4.32. The summed E-state index contributed by atoms with van der Waals surface area (Å²) < 4.78 is 5.42. The molecule has 0 spiro atoms. The molecule has 9 nitrogen and oxygen atoms in total. The van der Waals surface area contributed by atoms with Gasteiger partial charge in [-0.1, -0.05) is 11.8 Å². The third-order valence-electron chi connectivity index (χ3n) is 5.34. The zero-order chi connectivity index (χ0) is 24.6. The molecular weight excluding hydrogens is 466 g/mol. The molecule has 0 aliphatic carbocycles. The highest BCUT2D eigenvalue weighted by atomic mass is 32.2. The van der Waals surface area contributed by atoms with Crippen LogP contribution in [0.5, 0.6) is 0 Å². The van der Waals surface area contributed by atoms with Crippen LogP contribution in [0.4, 0.5) is 23.0 Å². The number of hydrogen-bond donors (Lipinski definition) is 3. The Kier molecular flexibility index (Phi) is 8.17. The van der Waals surface area contributed by atoms with Crippen LogP contribution >= 0.6 is 11.8 Å². The molecule has 35 heavy (non-hydrogen) atoms.